The van der Waals surface area contributed by atoms with Crippen molar-refractivity contribution in [2.24, 2.45) is 7.05 Å². The molecule has 0 aliphatic carbocycles. The second-order valence-electron chi connectivity index (χ2n) is 4.65. The minimum absolute atomic E-state index is 0. The van der Waals surface area contributed by atoms with Gasteiger partial charge in [0, 0.05) is 39.4 Å². The summed E-state index contributed by atoms with van der Waals surface area (Å²) in [4.78, 5) is 13.6. The summed E-state index contributed by atoms with van der Waals surface area (Å²) in [5.74, 6) is 1.02. The fraction of sp³-hybridized carbons (Fsp3) is 0.500. The third-order valence-electron chi connectivity index (χ3n) is 3.43. The molecule has 1 aliphatic heterocycles. The Morgan fingerprint density at radius 1 is 1.06 bits per heavy atom. The molecule has 18 heavy (non-hydrogen) atoms. The SMILES string of the molecule is CN1CCN(c2nccc3c2ncn3C)CC1.[Cl-]. The van der Waals surface area contributed by atoms with Gasteiger partial charge >= 0.3 is 0 Å². The van der Waals surface area contributed by atoms with Crippen molar-refractivity contribution < 1.29 is 12.4 Å². The molecule has 1 saturated heterocycles. The predicted molar refractivity (Wildman–Crippen MR) is 68.2 cm³/mol. The molecule has 98 valence electrons. The number of pyridine rings is 1. The highest BCUT2D eigenvalue weighted by Gasteiger charge is 2.18. The molecule has 0 bridgehead atoms. The molecule has 2 aromatic rings. The monoisotopic (exact) mass is 266 g/mol. The van der Waals surface area contributed by atoms with Gasteiger partial charge in [-0.05, 0) is 13.1 Å². The highest BCUT2D eigenvalue weighted by molar-refractivity contribution is 5.86. The molecule has 6 heteroatoms. The molecule has 1 fully saturated rings. The molecule has 0 spiro atoms. The summed E-state index contributed by atoms with van der Waals surface area (Å²) < 4.78 is 2.04. The Labute approximate surface area is 113 Å². The van der Waals surface area contributed by atoms with Crippen LogP contribution in [-0.4, -0.2) is 52.7 Å². The summed E-state index contributed by atoms with van der Waals surface area (Å²) in [5, 5.41) is 0. The van der Waals surface area contributed by atoms with Crippen LogP contribution in [0.2, 0.25) is 0 Å². The topological polar surface area (TPSA) is 37.2 Å². The Bertz CT molecular complexity index is 530. The van der Waals surface area contributed by atoms with Crippen molar-refractivity contribution in [3.05, 3.63) is 18.6 Å². The number of anilines is 1. The molecule has 3 rings (SSSR count). The van der Waals surface area contributed by atoms with E-state index in [1.165, 1.54) is 0 Å². The average molecular weight is 267 g/mol. The zero-order valence-corrected chi connectivity index (χ0v) is 11.4. The zero-order chi connectivity index (χ0) is 11.8. The van der Waals surface area contributed by atoms with E-state index in [1.54, 1.807) is 0 Å². The van der Waals surface area contributed by atoms with Gasteiger partial charge in [0.1, 0.15) is 5.52 Å². The van der Waals surface area contributed by atoms with Gasteiger partial charge in [0.25, 0.3) is 0 Å². The van der Waals surface area contributed by atoms with Gasteiger partial charge in [-0.2, -0.15) is 0 Å². The maximum atomic E-state index is 4.50. The van der Waals surface area contributed by atoms with Crippen molar-refractivity contribution in [3.8, 4) is 0 Å². The van der Waals surface area contributed by atoms with Crippen molar-refractivity contribution >= 4 is 16.9 Å². The lowest BCUT2D eigenvalue weighted by atomic mass is 10.3. The van der Waals surface area contributed by atoms with Gasteiger partial charge in [0.05, 0.1) is 11.8 Å². The molecule has 1 aliphatic rings. The van der Waals surface area contributed by atoms with Crippen molar-refractivity contribution in [1.29, 1.82) is 0 Å². The normalized spacial score (nSPS) is 16.9. The summed E-state index contributed by atoms with van der Waals surface area (Å²) in [6, 6.07) is 2.02. The molecule has 0 unspecified atom stereocenters. The van der Waals surface area contributed by atoms with E-state index in [0.717, 1.165) is 43.0 Å². The van der Waals surface area contributed by atoms with E-state index in [2.05, 4.69) is 26.8 Å². The van der Waals surface area contributed by atoms with Crippen LogP contribution in [0.4, 0.5) is 5.82 Å². The van der Waals surface area contributed by atoms with E-state index in [4.69, 9.17) is 0 Å². The molecule has 0 N–H and O–H groups in total. The number of fused-ring (bicyclic) bond motifs is 1. The van der Waals surface area contributed by atoms with Gasteiger partial charge in [0.2, 0.25) is 0 Å². The molecule has 2 aromatic heterocycles. The number of hydrogen-bond donors (Lipinski definition) is 0. The zero-order valence-electron chi connectivity index (χ0n) is 10.7. The van der Waals surface area contributed by atoms with Gasteiger partial charge < -0.3 is 26.8 Å². The highest BCUT2D eigenvalue weighted by Crippen LogP contribution is 2.23. The molecule has 0 radical (unpaired) electrons. The Morgan fingerprint density at radius 2 is 1.78 bits per heavy atom. The molecule has 0 amide bonds. The van der Waals surface area contributed by atoms with Gasteiger partial charge in [-0.15, -0.1) is 0 Å². The van der Waals surface area contributed by atoms with E-state index in [0.29, 0.717) is 0 Å². The van der Waals surface area contributed by atoms with Crippen LogP contribution in [0.5, 0.6) is 0 Å². The maximum absolute atomic E-state index is 4.50. The quantitative estimate of drug-likeness (QED) is 0.583. The Balaban J connectivity index is 0.00000120. The molecule has 0 saturated carbocycles. The average Bonchev–Trinajstić information content (AvgIpc) is 2.73. The highest BCUT2D eigenvalue weighted by atomic mass is 35.5. The van der Waals surface area contributed by atoms with Crippen molar-refractivity contribution in [3.63, 3.8) is 0 Å². The van der Waals surface area contributed by atoms with E-state index < -0.39 is 0 Å². The minimum Gasteiger partial charge on any atom is -1.00 e. The van der Waals surface area contributed by atoms with Crippen molar-refractivity contribution in [2.75, 3.05) is 38.1 Å². The summed E-state index contributed by atoms with van der Waals surface area (Å²) in [7, 11) is 4.18. The van der Waals surface area contributed by atoms with E-state index >= 15 is 0 Å². The molecular weight excluding hydrogens is 250 g/mol. The number of hydrogen-bond acceptors (Lipinski definition) is 4. The fourth-order valence-corrected chi connectivity index (χ4v) is 2.30. The predicted octanol–water partition coefficient (Wildman–Crippen LogP) is -2.28. The first-order valence-electron chi connectivity index (χ1n) is 5.95. The van der Waals surface area contributed by atoms with Gasteiger partial charge in [-0.25, -0.2) is 9.97 Å². The molecule has 0 aromatic carbocycles. The molecular formula is C12H17ClN5-. The summed E-state index contributed by atoms with van der Waals surface area (Å²) in [5.41, 5.74) is 2.16. The van der Waals surface area contributed by atoms with E-state index in [-0.39, 0.29) is 12.4 Å². The number of halogens is 1. The first-order valence-corrected chi connectivity index (χ1v) is 5.95. The number of rotatable bonds is 1. The Kier molecular flexibility index (Phi) is 3.73. The van der Waals surface area contributed by atoms with Gasteiger partial charge in [-0.3, -0.25) is 0 Å². The largest absolute Gasteiger partial charge is 1.00 e. The summed E-state index contributed by atoms with van der Waals surface area (Å²) in [6.07, 6.45) is 3.73. The molecule has 0 atom stereocenters. The smallest absolute Gasteiger partial charge is 0.156 e. The van der Waals surface area contributed by atoms with E-state index in [9.17, 15) is 0 Å². The molecule has 5 nitrogen and oxygen atoms in total. The van der Waals surface area contributed by atoms with Crippen LogP contribution in [0.1, 0.15) is 0 Å². The van der Waals surface area contributed by atoms with E-state index in [1.807, 2.05) is 30.2 Å². The Morgan fingerprint density at radius 3 is 2.50 bits per heavy atom. The third-order valence-corrected chi connectivity index (χ3v) is 3.43. The maximum Gasteiger partial charge on any atom is 0.156 e. The van der Waals surface area contributed by atoms with Crippen molar-refractivity contribution in [1.82, 2.24) is 19.4 Å². The number of piperazine rings is 1. The van der Waals surface area contributed by atoms with Crippen LogP contribution in [-0.2, 0) is 7.05 Å². The summed E-state index contributed by atoms with van der Waals surface area (Å²) in [6.45, 7) is 4.23. The van der Waals surface area contributed by atoms with Crippen LogP contribution in [0.25, 0.3) is 11.0 Å². The fourth-order valence-electron chi connectivity index (χ4n) is 2.30. The lowest BCUT2D eigenvalue weighted by Gasteiger charge is -2.33. The van der Waals surface area contributed by atoms with Crippen LogP contribution < -0.4 is 17.3 Å². The number of imidazole rings is 1. The standard InChI is InChI=1S/C12H17N5.ClH/c1-15-5-7-17(8-6-15)12-11-10(3-4-13-12)16(2)9-14-11;/h3-4,9H,5-8H2,1-2H3;1H/p-1. The lowest BCUT2D eigenvalue weighted by molar-refractivity contribution is -0.00000365. The van der Waals surface area contributed by atoms with Gasteiger partial charge in [0.15, 0.2) is 5.82 Å². The number of aromatic nitrogens is 3. The molecule has 3 heterocycles. The second-order valence-corrected chi connectivity index (χ2v) is 4.65. The lowest BCUT2D eigenvalue weighted by Crippen LogP contribution is -3.00. The second kappa shape index (κ2) is 5.12. The minimum atomic E-state index is 0. The third kappa shape index (κ3) is 2.15. The van der Waals surface area contributed by atoms with Crippen LogP contribution in [0.15, 0.2) is 18.6 Å². The summed E-state index contributed by atoms with van der Waals surface area (Å²) >= 11 is 0. The van der Waals surface area contributed by atoms with Crippen LogP contribution >= 0.6 is 0 Å². The van der Waals surface area contributed by atoms with Crippen molar-refractivity contribution in [2.45, 2.75) is 0 Å². The number of likely N-dealkylation sites (N-methyl/N-ethyl adjacent to an activating group) is 1. The van der Waals surface area contributed by atoms with Gasteiger partial charge in [-0.1, -0.05) is 0 Å². The first-order chi connectivity index (χ1) is 8.25. The van der Waals surface area contributed by atoms with Crippen LogP contribution in [0.3, 0.4) is 0 Å². The number of aryl methyl sites for hydroxylation is 1. The number of nitrogens with zero attached hydrogens (tertiary/aromatic N) is 5. The first kappa shape index (κ1) is 13.1. The van der Waals surface area contributed by atoms with Crippen LogP contribution in [0, 0.1) is 0 Å². The Hall–Kier alpha value is -1.33.